The number of amides is 1. The van der Waals surface area contributed by atoms with Crippen molar-refractivity contribution in [3.05, 3.63) is 21.6 Å². The van der Waals surface area contributed by atoms with Gasteiger partial charge in [-0.1, -0.05) is 40.5 Å². The van der Waals surface area contributed by atoms with E-state index in [0.29, 0.717) is 34.6 Å². The molecule has 0 unspecified atom stereocenters. The first-order valence-corrected chi connectivity index (χ1v) is 14.5. The van der Waals surface area contributed by atoms with Gasteiger partial charge in [0.25, 0.3) is 5.56 Å². The maximum atomic E-state index is 13.7. The topological polar surface area (TPSA) is 101 Å². The highest BCUT2D eigenvalue weighted by atomic mass is 32.2. The summed E-state index contributed by atoms with van der Waals surface area (Å²) >= 11 is 1.21. The largest absolute Gasteiger partial charge is 0.352 e. The Morgan fingerprint density at radius 1 is 1.18 bits per heavy atom. The minimum absolute atomic E-state index is 0.0517. The molecule has 4 rings (SSSR count). The molecule has 0 spiro atoms. The summed E-state index contributed by atoms with van der Waals surface area (Å²) in [6.07, 6.45) is 5.51. The van der Waals surface area contributed by atoms with Gasteiger partial charge in [-0.25, -0.2) is 13.4 Å². The van der Waals surface area contributed by atoms with Crippen LogP contribution in [0.1, 0.15) is 58.3 Å². The van der Waals surface area contributed by atoms with Crippen LogP contribution in [0.3, 0.4) is 0 Å². The molecular weight excluding hydrogens is 472 g/mol. The molecule has 1 amide bonds. The smallest absolute Gasteiger partial charge is 0.263 e. The molecule has 1 N–H and O–H groups in total. The third kappa shape index (κ3) is 4.81. The van der Waals surface area contributed by atoms with Crippen molar-refractivity contribution in [2.24, 2.45) is 23.7 Å². The van der Waals surface area contributed by atoms with Gasteiger partial charge in [-0.15, -0.1) is 11.3 Å². The fourth-order valence-electron chi connectivity index (χ4n) is 5.66. The van der Waals surface area contributed by atoms with Crippen LogP contribution in [0.4, 0.5) is 0 Å². The van der Waals surface area contributed by atoms with Gasteiger partial charge >= 0.3 is 0 Å². The lowest BCUT2D eigenvalue weighted by molar-refractivity contribution is -0.123. The zero-order valence-corrected chi connectivity index (χ0v) is 22.3. The monoisotopic (exact) mass is 508 g/mol. The fourth-order valence-corrected chi connectivity index (χ4v) is 9.01. The van der Waals surface area contributed by atoms with Gasteiger partial charge in [-0.05, 0) is 43.4 Å². The minimum Gasteiger partial charge on any atom is -0.352 e. The van der Waals surface area contributed by atoms with E-state index in [1.54, 1.807) is 6.92 Å². The zero-order valence-electron chi connectivity index (χ0n) is 20.7. The lowest BCUT2D eigenvalue weighted by Gasteiger charge is -2.34. The Hall–Kier alpha value is -1.78. The van der Waals surface area contributed by atoms with Gasteiger partial charge < -0.3 is 5.32 Å². The summed E-state index contributed by atoms with van der Waals surface area (Å²) in [7, 11) is -3.86. The second kappa shape index (κ2) is 9.70. The summed E-state index contributed by atoms with van der Waals surface area (Å²) in [5.74, 6) is 1.19. The van der Waals surface area contributed by atoms with Gasteiger partial charge in [0, 0.05) is 24.0 Å². The van der Waals surface area contributed by atoms with E-state index in [2.05, 4.69) is 38.0 Å². The zero-order chi connectivity index (χ0) is 24.8. The highest BCUT2D eigenvalue weighted by molar-refractivity contribution is 7.89. The van der Waals surface area contributed by atoms with Crippen molar-refractivity contribution >= 4 is 37.5 Å². The number of piperidine rings is 1. The summed E-state index contributed by atoms with van der Waals surface area (Å²) < 4.78 is 30.1. The van der Waals surface area contributed by atoms with E-state index >= 15 is 0 Å². The lowest BCUT2D eigenvalue weighted by atomic mass is 9.78. The number of carbonyl (C=O) groups is 1. The molecule has 1 aliphatic heterocycles. The highest BCUT2D eigenvalue weighted by Crippen LogP contribution is 2.35. The molecule has 34 heavy (non-hydrogen) atoms. The lowest BCUT2D eigenvalue weighted by Crippen LogP contribution is -2.45. The quantitative estimate of drug-likeness (QED) is 0.667. The minimum atomic E-state index is -3.86. The number of sulfonamides is 1. The normalized spacial score (nSPS) is 28.8. The fraction of sp³-hybridized carbons (Fsp3) is 0.708. The Kier molecular flexibility index (Phi) is 7.22. The van der Waals surface area contributed by atoms with Crippen molar-refractivity contribution in [3.8, 4) is 0 Å². The van der Waals surface area contributed by atoms with Gasteiger partial charge in [-0.3, -0.25) is 14.2 Å². The average molecular weight is 509 g/mol. The number of nitrogens with one attached hydrogen (secondary N) is 1. The molecule has 1 aliphatic carbocycles. The van der Waals surface area contributed by atoms with E-state index in [1.807, 2.05) is 0 Å². The summed E-state index contributed by atoms with van der Waals surface area (Å²) in [5, 5.41) is 3.18. The maximum Gasteiger partial charge on any atom is 0.263 e. The van der Waals surface area contributed by atoms with E-state index in [9.17, 15) is 18.0 Å². The van der Waals surface area contributed by atoms with Crippen molar-refractivity contribution in [3.63, 3.8) is 0 Å². The molecule has 1 saturated heterocycles. The van der Waals surface area contributed by atoms with Crippen molar-refractivity contribution < 1.29 is 13.2 Å². The molecule has 0 aromatic carbocycles. The van der Waals surface area contributed by atoms with Gasteiger partial charge in [0.15, 0.2) is 0 Å². The van der Waals surface area contributed by atoms with E-state index < -0.39 is 15.6 Å². The van der Waals surface area contributed by atoms with Crippen molar-refractivity contribution in [1.82, 2.24) is 19.2 Å². The number of aryl methyl sites for hydroxylation is 1. The number of thiophene rings is 1. The van der Waals surface area contributed by atoms with Gasteiger partial charge in [0.2, 0.25) is 15.9 Å². The number of nitrogens with zero attached hydrogens (tertiary/aromatic N) is 3. The van der Waals surface area contributed by atoms with Crippen molar-refractivity contribution in [2.75, 3.05) is 13.1 Å². The first kappa shape index (κ1) is 25.3. The predicted octanol–water partition coefficient (Wildman–Crippen LogP) is 3.37. The molecule has 10 heteroatoms. The molecule has 2 aliphatic rings. The molecule has 2 aromatic rings. The van der Waals surface area contributed by atoms with Crippen LogP contribution in [0.25, 0.3) is 10.2 Å². The number of hydrogen-bond donors (Lipinski definition) is 1. The Labute approximate surface area is 205 Å². The van der Waals surface area contributed by atoms with Crippen LogP contribution in [0.5, 0.6) is 0 Å². The Bertz CT molecular complexity index is 1230. The summed E-state index contributed by atoms with van der Waals surface area (Å²) in [4.78, 5) is 31.6. The van der Waals surface area contributed by atoms with E-state index in [4.69, 9.17) is 0 Å². The summed E-state index contributed by atoms with van der Waals surface area (Å²) in [5.41, 5.74) is -0.480. The molecule has 8 nitrogen and oxygen atoms in total. The van der Waals surface area contributed by atoms with Gasteiger partial charge in [0.1, 0.15) is 16.3 Å². The molecule has 3 heterocycles. The average Bonchev–Trinajstić information content (AvgIpc) is 3.10. The maximum absolute atomic E-state index is 13.7. The standard InChI is InChI=1S/C24H36N4O4S2/c1-14-9-15(2)11-28(10-14)34(31,32)22-18(5)33-23-21(22)24(30)27(13-25-23)12-20(29)26-19-8-6-7-16(3)17(19)4/h13-17,19H,6-12H2,1-5H3,(H,26,29)/t14-,15+,16-,17-,19+/m0/s1. The van der Waals surface area contributed by atoms with Crippen LogP contribution in [0.15, 0.2) is 16.0 Å². The molecule has 188 valence electrons. The van der Waals surface area contributed by atoms with Gasteiger partial charge in [-0.2, -0.15) is 4.31 Å². The molecular formula is C24H36N4O4S2. The molecule has 2 aromatic heterocycles. The van der Waals surface area contributed by atoms with Crippen LogP contribution in [0, 0.1) is 30.6 Å². The van der Waals surface area contributed by atoms with Crippen LogP contribution < -0.4 is 10.9 Å². The van der Waals surface area contributed by atoms with Crippen molar-refractivity contribution in [1.29, 1.82) is 0 Å². The Balaban J connectivity index is 1.64. The second-order valence-electron chi connectivity index (χ2n) is 10.6. The van der Waals surface area contributed by atoms with Crippen LogP contribution >= 0.6 is 11.3 Å². The Morgan fingerprint density at radius 3 is 2.53 bits per heavy atom. The predicted molar refractivity (Wildman–Crippen MR) is 134 cm³/mol. The molecule has 0 bridgehead atoms. The number of fused-ring (bicyclic) bond motifs is 1. The molecule has 0 radical (unpaired) electrons. The van der Waals surface area contributed by atoms with Crippen LogP contribution in [-0.2, 0) is 21.4 Å². The van der Waals surface area contributed by atoms with Gasteiger partial charge in [0.05, 0.1) is 11.7 Å². The third-order valence-electron chi connectivity index (χ3n) is 7.60. The number of rotatable bonds is 5. The second-order valence-corrected chi connectivity index (χ2v) is 13.6. The Morgan fingerprint density at radius 2 is 1.85 bits per heavy atom. The molecule has 5 atom stereocenters. The van der Waals surface area contributed by atoms with E-state index in [1.165, 1.54) is 26.5 Å². The van der Waals surface area contributed by atoms with E-state index in [0.717, 1.165) is 25.7 Å². The first-order valence-electron chi connectivity index (χ1n) is 12.3. The van der Waals surface area contributed by atoms with Crippen LogP contribution in [-0.4, -0.2) is 47.3 Å². The SMILES string of the molecule is Cc1sc2ncn(CC(=O)N[C@@H]3CCC[C@H](C)[C@@H]3C)c(=O)c2c1S(=O)(=O)N1C[C@H](C)C[C@H](C)C1. The summed E-state index contributed by atoms with van der Waals surface area (Å²) in [6, 6.07) is 0.0889. The number of hydrogen-bond acceptors (Lipinski definition) is 6. The van der Waals surface area contributed by atoms with Crippen molar-refractivity contribution in [2.45, 2.75) is 77.8 Å². The van der Waals surface area contributed by atoms with Crippen LogP contribution in [0.2, 0.25) is 0 Å². The third-order valence-corrected chi connectivity index (χ3v) is 10.7. The van der Waals surface area contributed by atoms with E-state index in [-0.39, 0.29) is 40.6 Å². The molecule has 1 saturated carbocycles. The number of aromatic nitrogens is 2. The molecule has 2 fully saturated rings. The number of carbonyl (C=O) groups excluding carboxylic acids is 1. The first-order chi connectivity index (χ1) is 16.0. The summed E-state index contributed by atoms with van der Waals surface area (Å²) in [6.45, 7) is 10.9. The highest BCUT2D eigenvalue weighted by Gasteiger charge is 2.36.